The van der Waals surface area contributed by atoms with E-state index in [0.717, 1.165) is 25.0 Å². The van der Waals surface area contributed by atoms with Crippen LogP contribution in [0.5, 0.6) is 0 Å². The third-order valence-electron chi connectivity index (χ3n) is 5.25. The lowest BCUT2D eigenvalue weighted by Gasteiger charge is -2.23. The van der Waals surface area contributed by atoms with E-state index in [2.05, 4.69) is 54.4 Å². The van der Waals surface area contributed by atoms with Crippen molar-refractivity contribution in [2.24, 2.45) is 0 Å². The van der Waals surface area contributed by atoms with Gasteiger partial charge in [0.05, 0.1) is 11.1 Å². The normalized spacial score (nSPS) is 13.7. The molecule has 4 nitrogen and oxygen atoms in total. The Balaban J connectivity index is 1.80. The second-order valence-corrected chi connectivity index (χ2v) is 7.28. The van der Waals surface area contributed by atoms with Gasteiger partial charge >= 0.3 is 0 Å². The Kier molecular flexibility index (Phi) is 4.66. The van der Waals surface area contributed by atoms with Crippen molar-refractivity contribution in [1.29, 1.82) is 0 Å². The minimum absolute atomic E-state index is 0.0235. The molecular weight excluding hydrogens is 353 g/mol. The van der Waals surface area contributed by atoms with Crippen LogP contribution >= 0.6 is 0 Å². The van der Waals surface area contributed by atoms with Crippen LogP contribution in [0.2, 0.25) is 0 Å². The summed E-state index contributed by atoms with van der Waals surface area (Å²) < 4.78 is 16.3. The fraction of sp³-hybridized carbons (Fsp3) is 0.261. The van der Waals surface area contributed by atoms with Gasteiger partial charge < -0.3 is 10.2 Å². The highest BCUT2D eigenvalue weighted by molar-refractivity contribution is 5.94. The minimum Gasteiger partial charge on any atom is -0.355 e. The van der Waals surface area contributed by atoms with Gasteiger partial charge in [0, 0.05) is 49.2 Å². The molecule has 0 saturated heterocycles. The van der Waals surface area contributed by atoms with Crippen LogP contribution in [0.3, 0.4) is 0 Å². The maximum absolute atomic E-state index is 14.2. The Morgan fingerprint density at radius 3 is 2.79 bits per heavy atom. The second kappa shape index (κ2) is 7.14. The molecule has 2 aromatic carbocycles. The van der Waals surface area contributed by atoms with E-state index in [9.17, 15) is 9.18 Å². The third-order valence-corrected chi connectivity index (χ3v) is 5.25. The van der Waals surface area contributed by atoms with Gasteiger partial charge in [0.2, 0.25) is 0 Å². The molecule has 0 radical (unpaired) electrons. The lowest BCUT2D eigenvalue weighted by atomic mass is 10.0. The number of nitrogens with zero attached hydrogens (tertiary/aromatic N) is 2. The standard InChI is InChI=1S/C23H22FN3O/c1-15-4-7-21-18(12-15)19-14-26(3)10-9-22(19)27(21)11-8-16-5-6-17(20(24)13-16)23(28)25-2/h4-7,12-13H,9-10,14H2,1-3H3,(H,25,28). The Hall–Kier alpha value is -3.10. The molecule has 4 rings (SSSR count). The first-order valence-electron chi connectivity index (χ1n) is 9.33. The number of rotatable bonds is 1. The van der Waals surface area contributed by atoms with Gasteiger partial charge in [0.15, 0.2) is 0 Å². The number of carbonyl (C=O) groups is 1. The predicted octanol–water partition coefficient (Wildman–Crippen LogP) is 3.29. The van der Waals surface area contributed by atoms with Crippen LogP contribution in [0.15, 0.2) is 36.4 Å². The number of benzene rings is 2. The minimum atomic E-state index is -0.567. The number of likely N-dealkylation sites (N-methyl/N-ethyl adjacent to an activating group) is 1. The molecular formula is C23H22FN3O. The van der Waals surface area contributed by atoms with Crippen molar-refractivity contribution in [2.45, 2.75) is 19.9 Å². The lowest BCUT2D eigenvalue weighted by Crippen LogP contribution is -2.27. The molecule has 0 unspecified atom stereocenters. The van der Waals surface area contributed by atoms with Crippen LogP contribution in [-0.4, -0.2) is 36.0 Å². The molecule has 1 aliphatic rings. The lowest BCUT2D eigenvalue weighted by molar-refractivity contribution is 0.0959. The first-order chi connectivity index (χ1) is 13.5. The van der Waals surface area contributed by atoms with Crippen molar-refractivity contribution in [3.63, 3.8) is 0 Å². The molecule has 5 heteroatoms. The topological polar surface area (TPSA) is 37.3 Å². The summed E-state index contributed by atoms with van der Waals surface area (Å²) in [6.45, 7) is 3.98. The number of hydrogen-bond acceptors (Lipinski definition) is 2. The molecule has 1 aromatic heterocycles. The summed E-state index contributed by atoms with van der Waals surface area (Å²) in [4.78, 5) is 14.0. The van der Waals surface area contributed by atoms with E-state index in [1.165, 1.54) is 41.4 Å². The Morgan fingerprint density at radius 1 is 1.21 bits per heavy atom. The molecule has 0 spiro atoms. The van der Waals surface area contributed by atoms with Crippen molar-refractivity contribution < 1.29 is 9.18 Å². The number of fused-ring (bicyclic) bond motifs is 3. The summed E-state index contributed by atoms with van der Waals surface area (Å²) in [6.07, 6.45) is 0.929. The number of halogens is 1. The van der Waals surface area contributed by atoms with Gasteiger partial charge in [0.25, 0.3) is 5.91 Å². The molecule has 1 aliphatic heterocycles. The molecule has 1 amide bonds. The monoisotopic (exact) mass is 375 g/mol. The van der Waals surface area contributed by atoms with E-state index >= 15 is 0 Å². The van der Waals surface area contributed by atoms with E-state index in [1.54, 1.807) is 6.07 Å². The van der Waals surface area contributed by atoms with Gasteiger partial charge in [-0.05, 0) is 55.8 Å². The molecule has 0 aliphatic carbocycles. The SMILES string of the molecule is CNC(=O)c1ccc(C#Cn2c3c(c4cc(C)ccc42)CN(C)CC3)cc1F. The number of carbonyl (C=O) groups excluding carboxylic acids is 1. The van der Waals surface area contributed by atoms with Crippen molar-refractivity contribution in [2.75, 3.05) is 20.6 Å². The van der Waals surface area contributed by atoms with Gasteiger partial charge in [0.1, 0.15) is 5.82 Å². The Bertz CT molecular complexity index is 1150. The highest BCUT2D eigenvalue weighted by Gasteiger charge is 2.21. The molecule has 28 heavy (non-hydrogen) atoms. The zero-order chi connectivity index (χ0) is 19.8. The van der Waals surface area contributed by atoms with Gasteiger partial charge in [-0.3, -0.25) is 9.36 Å². The summed E-state index contributed by atoms with van der Waals surface area (Å²) in [5.74, 6) is 2.06. The van der Waals surface area contributed by atoms with E-state index in [4.69, 9.17) is 0 Å². The quantitative estimate of drug-likeness (QED) is 0.663. The van der Waals surface area contributed by atoms with Crippen molar-refractivity contribution in [3.05, 3.63) is 70.2 Å². The van der Waals surface area contributed by atoms with E-state index in [0.29, 0.717) is 5.56 Å². The number of nitrogens with one attached hydrogen (secondary N) is 1. The largest absolute Gasteiger partial charge is 0.355 e. The second-order valence-electron chi connectivity index (χ2n) is 7.28. The van der Waals surface area contributed by atoms with Crippen molar-refractivity contribution in [3.8, 4) is 12.0 Å². The Labute approximate surface area is 164 Å². The summed E-state index contributed by atoms with van der Waals surface area (Å²) in [7, 11) is 3.61. The highest BCUT2D eigenvalue weighted by atomic mass is 19.1. The average molecular weight is 375 g/mol. The molecule has 3 aromatic rings. The van der Waals surface area contributed by atoms with Gasteiger partial charge in [-0.1, -0.05) is 11.6 Å². The maximum Gasteiger partial charge on any atom is 0.253 e. The average Bonchev–Trinajstić information content (AvgIpc) is 2.98. The van der Waals surface area contributed by atoms with Crippen molar-refractivity contribution >= 4 is 16.8 Å². The molecule has 0 saturated carbocycles. The van der Waals surface area contributed by atoms with E-state index in [1.807, 2.05) is 4.57 Å². The predicted molar refractivity (Wildman–Crippen MR) is 109 cm³/mol. The molecule has 0 bridgehead atoms. The third kappa shape index (κ3) is 3.17. The van der Waals surface area contributed by atoms with Crippen LogP contribution in [0.4, 0.5) is 4.39 Å². The summed E-state index contributed by atoms with van der Waals surface area (Å²) >= 11 is 0. The van der Waals surface area contributed by atoms with E-state index < -0.39 is 11.7 Å². The van der Waals surface area contributed by atoms with E-state index in [-0.39, 0.29) is 5.56 Å². The zero-order valence-electron chi connectivity index (χ0n) is 16.3. The number of amides is 1. The van der Waals surface area contributed by atoms with Crippen LogP contribution in [0.1, 0.15) is 32.7 Å². The van der Waals surface area contributed by atoms with Crippen LogP contribution < -0.4 is 5.32 Å². The first kappa shape index (κ1) is 18.3. The number of aryl methyl sites for hydroxylation is 1. The van der Waals surface area contributed by atoms with Crippen LogP contribution in [0.25, 0.3) is 10.9 Å². The van der Waals surface area contributed by atoms with Gasteiger partial charge in [-0.2, -0.15) is 0 Å². The summed E-state index contributed by atoms with van der Waals surface area (Å²) in [6, 6.07) is 14.1. The fourth-order valence-electron chi connectivity index (χ4n) is 3.77. The van der Waals surface area contributed by atoms with Crippen molar-refractivity contribution in [1.82, 2.24) is 14.8 Å². The smallest absolute Gasteiger partial charge is 0.253 e. The molecule has 0 fully saturated rings. The zero-order valence-corrected chi connectivity index (χ0v) is 16.3. The number of hydrogen-bond donors (Lipinski definition) is 1. The number of aromatic nitrogens is 1. The molecule has 2 heterocycles. The van der Waals surface area contributed by atoms with Crippen LogP contribution in [0, 0.1) is 24.7 Å². The van der Waals surface area contributed by atoms with Gasteiger partial charge in [-0.15, -0.1) is 0 Å². The van der Waals surface area contributed by atoms with Crippen LogP contribution in [-0.2, 0) is 13.0 Å². The first-order valence-corrected chi connectivity index (χ1v) is 9.33. The molecule has 142 valence electrons. The Morgan fingerprint density at radius 2 is 2.04 bits per heavy atom. The molecule has 1 N–H and O–H groups in total. The summed E-state index contributed by atoms with van der Waals surface area (Å²) in [5, 5.41) is 3.67. The fourth-order valence-corrected chi connectivity index (χ4v) is 3.77. The molecule has 0 atom stereocenters. The highest BCUT2D eigenvalue weighted by Crippen LogP contribution is 2.30. The maximum atomic E-state index is 14.2. The van der Waals surface area contributed by atoms with Gasteiger partial charge in [-0.25, -0.2) is 4.39 Å². The summed E-state index contributed by atoms with van der Waals surface area (Å²) in [5.41, 5.74) is 5.43.